The Bertz CT molecular complexity index is 745. The van der Waals surface area contributed by atoms with E-state index in [4.69, 9.17) is 23.2 Å². The van der Waals surface area contributed by atoms with Crippen LogP contribution in [0.5, 0.6) is 0 Å². The first kappa shape index (κ1) is 17.0. The number of hydrogen-bond donors (Lipinski definition) is 1. The van der Waals surface area contributed by atoms with Gasteiger partial charge in [-0.1, -0.05) is 30.1 Å². The van der Waals surface area contributed by atoms with E-state index in [0.717, 1.165) is 37.7 Å². The standard InChI is InChI=1S/C17H18Cl2N4O/c1-11-4-6-23(7-5-11)16-9-15(20-10-21-16)17(24)22-14-8-12(18)2-3-13(14)19/h2-3,8-11H,4-7H2,1H3,(H,22,24). The van der Waals surface area contributed by atoms with Gasteiger partial charge < -0.3 is 10.2 Å². The maximum absolute atomic E-state index is 12.4. The molecule has 0 saturated carbocycles. The van der Waals surface area contributed by atoms with Crippen LogP contribution in [-0.4, -0.2) is 29.0 Å². The number of rotatable bonds is 3. The number of nitrogens with one attached hydrogen (secondary N) is 1. The lowest BCUT2D eigenvalue weighted by Gasteiger charge is -2.31. The molecule has 1 fully saturated rings. The number of piperidine rings is 1. The molecule has 5 nitrogen and oxygen atoms in total. The lowest BCUT2D eigenvalue weighted by Crippen LogP contribution is -2.33. The molecule has 7 heteroatoms. The molecular formula is C17H18Cl2N4O. The van der Waals surface area contributed by atoms with Crippen LogP contribution in [0.1, 0.15) is 30.3 Å². The first-order valence-electron chi connectivity index (χ1n) is 7.86. The van der Waals surface area contributed by atoms with Gasteiger partial charge in [0.05, 0.1) is 10.7 Å². The third-order valence-corrected chi connectivity index (χ3v) is 4.73. The topological polar surface area (TPSA) is 58.1 Å². The molecule has 1 aromatic heterocycles. The Balaban J connectivity index is 1.76. The predicted octanol–water partition coefficient (Wildman–Crippen LogP) is 4.27. The van der Waals surface area contributed by atoms with Gasteiger partial charge in [-0.05, 0) is 37.0 Å². The van der Waals surface area contributed by atoms with Crippen LogP contribution < -0.4 is 10.2 Å². The second kappa shape index (κ2) is 7.36. The zero-order chi connectivity index (χ0) is 17.1. The van der Waals surface area contributed by atoms with E-state index in [1.165, 1.54) is 6.33 Å². The van der Waals surface area contributed by atoms with Gasteiger partial charge in [0.25, 0.3) is 5.91 Å². The monoisotopic (exact) mass is 364 g/mol. The Labute approximate surface area is 151 Å². The molecule has 126 valence electrons. The molecule has 1 amide bonds. The van der Waals surface area contributed by atoms with Crippen molar-refractivity contribution in [3.63, 3.8) is 0 Å². The van der Waals surface area contributed by atoms with Crippen LogP contribution >= 0.6 is 23.2 Å². The third kappa shape index (κ3) is 3.97. The van der Waals surface area contributed by atoms with Crippen molar-refractivity contribution in [1.82, 2.24) is 9.97 Å². The molecule has 24 heavy (non-hydrogen) atoms. The van der Waals surface area contributed by atoms with Crippen LogP contribution in [0.25, 0.3) is 0 Å². The van der Waals surface area contributed by atoms with E-state index in [9.17, 15) is 4.79 Å². The van der Waals surface area contributed by atoms with Crippen molar-refractivity contribution in [3.05, 3.63) is 46.3 Å². The predicted molar refractivity (Wildman–Crippen MR) is 97.1 cm³/mol. The molecule has 2 heterocycles. The molecule has 0 aliphatic carbocycles. The third-order valence-electron chi connectivity index (χ3n) is 4.17. The fraction of sp³-hybridized carbons (Fsp3) is 0.353. The average Bonchev–Trinajstić information content (AvgIpc) is 2.59. The van der Waals surface area contributed by atoms with Crippen LogP contribution in [0.2, 0.25) is 10.0 Å². The molecule has 0 spiro atoms. The number of nitrogens with zero attached hydrogens (tertiary/aromatic N) is 3. The average molecular weight is 365 g/mol. The minimum absolute atomic E-state index is 0.301. The highest BCUT2D eigenvalue weighted by Gasteiger charge is 2.19. The number of amides is 1. The van der Waals surface area contributed by atoms with Gasteiger partial charge in [0.2, 0.25) is 0 Å². The largest absolute Gasteiger partial charge is 0.356 e. The number of halogens is 2. The summed E-state index contributed by atoms with van der Waals surface area (Å²) in [5.41, 5.74) is 0.760. The molecule has 1 aliphatic heterocycles. The molecule has 0 bridgehead atoms. The maximum Gasteiger partial charge on any atom is 0.274 e. The molecule has 2 aromatic rings. The van der Waals surface area contributed by atoms with Crippen molar-refractivity contribution in [3.8, 4) is 0 Å². The summed E-state index contributed by atoms with van der Waals surface area (Å²) in [6.07, 6.45) is 3.68. The normalized spacial score (nSPS) is 15.4. The van der Waals surface area contributed by atoms with E-state index >= 15 is 0 Å². The van der Waals surface area contributed by atoms with Gasteiger partial charge in [-0.2, -0.15) is 0 Å². The van der Waals surface area contributed by atoms with E-state index in [2.05, 4.69) is 27.1 Å². The summed E-state index contributed by atoms with van der Waals surface area (Å²) in [6, 6.07) is 6.62. The van der Waals surface area contributed by atoms with Crippen molar-refractivity contribution in [2.75, 3.05) is 23.3 Å². The first-order chi connectivity index (χ1) is 11.5. The Kier molecular flexibility index (Phi) is 5.21. The zero-order valence-electron chi connectivity index (χ0n) is 13.3. The number of aromatic nitrogens is 2. The summed E-state index contributed by atoms with van der Waals surface area (Å²) in [4.78, 5) is 23.0. The highest BCUT2D eigenvalue weighted by molar-refractivity contribution is 6.35. The number of carbonyl (C=O) groups excluding carboxylic acids is 1. The summed E-state index contributed by atoms with van der Waals surface area (Å²) < 4.78 is 0. The minimum Gasteiger partial charge on any atom is -0.356 e. The van der Waals surface area contributed by atoms with E-state index < -0.39 is 0 Å². The highest BCUT2D eigenvalue weighted by Crippen LogP contribution is 2.26. The lowest BCUT2D eigenvalue weighted by atomic mass is 9.99. The van der Waals surface area contributed by atoms with E-state index in [0.29, 0.717) is 21.4 Å². The van der Waals surface area contributed by atoms with E-state index in [1.54, 1.807) is 24.3 Å². The van der Waals surface area contributed by atoms with Gasteiger partial charge >= 0.3 is 0 Å². The number of hydrogen-bond acceptors (Lipinski definition) is 4. The second-order valence-electron chi connectivity index (χ2n) is 6.01. The molecule has 1 aliphatic rings. The molecule has 1 N–H and O–H groups in total. The van der Waals surface area contributed by atoms with Crippen molar-refractivity contribution in [2.45, 2.75) is 19.8 Å². The van der Waals surface area contributed by atoms with Gasteiger partial charge in [-0.3, -0.25) is 4.79 Å². The zero-order valence-corrected chi connectivity index (χ0v) is 14.8. The molecule has 0 unspecified atom stereocenters. The van der Waals surface area contributed by atoms with E-state index in [1.807, 2.05) is 0 Å². The fourth-order valence-corrected chi connectivity index (χ4v) is 3.00. The van der Waals surface area contributed by atoms with Gasteiger partial charge in [-0.15, -0.1) is 0 Å². The number of carbonyl (C=O) groups is 1. The summed E-state index contributed by atoms with van der Waals surface area (Å²) in [7, 11) is 0. The second-order valence-corrected chi connectivity index (χ2v) is 6.85. The lowest BCUT2D eigenvalue weighted by molar-refractivity contribution is 0.102. The Morgan fingerprint density at radius 1 is 1.21 bits per heavy atom. The molecular weight excluding hydrogens is 347 g/mol. The molecule has 1 aromatic carbocycles. The maximum atomic E-state index is 12.4. The van der Waals surface area contributed by atoms with Crippen LogP contribution in [-0.2, 0) is 0 Å². The van der Waals surface area contributed by atoms with Crippen molar-refractivity contribution < 1.29 is 4.79 Å². The van der Waals surface area contributed by atoms with Crippen molar-refractivity contribution in [2.24, 2.45) is 5.92 Å². The van der Waals surface area contributed by atoms with Gasteiger partial charge in [0.15, 0.2) is 0 Å². The number of benzene rings is 1. The van der Waals surface area contributed by atoms with Crippen LogP contribution in [0.15, 0.2) is 30.6 Å². The Hall–Kier alpha value is -1.85. The van der Waals surface area contributed by atoms with Gasteiger partial charge in [-0.25, -0.2) is 9.97 Å². The first-order valence-corrected chi connectivity index (χ1v) is 8.62. The number of anilines is 2. The van der Waals surface area contributed by atoms with Crippen molar-refractivity contribution in [1.29, 1.82) is 0 Å². The Morgan fingerprint density at radius 3 is 2.71 bits per heavy atom. The summed E-state index contributed by atoms with van der Waals surface area (Å²) in [5, 5.41) is 3.66. The smallest absolute Gasteiger partial charge is 0.274 e. The fourth-order valence-electron chi connectivity index (χ4n) is 2.66. The molecule has 0 radical (unpaired) electrons. The van der Waals surface area contributed by atoms with E-state index in [-0.39, 0.29) is 5.91 Å². The van der Waals surface area contributed by atoms with Crippen LogP contribution in [0.3, 0.4) is 0 Å². The minimum atomic E-state index is -0.340. The molecule has 1 saturated heterocycles. The van der Waals surface area contributed by atoms with Crippen LogP contribution in [0.4, 0.5) is 11.5 Å². The SMILES string of the molecule is CC1CCN(c2cc(C(=O)Nc3cc(Cl)ccc3Cl)ncn2)CC1. The summed E-state index contributed by atoms with van der Waals surface area (Å²) in [6.45, 7) is 4.14. The van der Waals surface area contributed by atoms with Crippen molar-refractivity contribution >= 4 is 40.6 Å². The van der Waals surface area contributed by atoms with Crippen LogP contribution in [0, 0.1) is 5.92 Å². The summed E-state index contributed by atoms with van der Waals surface area (Å²) in [5.74, 6) is 1.17. The van der Waals surface area contributed by atoms with Gasteiger partial charge in [0.1, 0.15) is 17.8 Å². The quantitative estimate of drug-likeness (QED) is 0.883. The Morgan fingerprint density at radius 2 is 1.96 bits per heavy atom. The molecule has 3 rings (SSSR count). The van der Waals surface area contributed by atoms with Gasteiger partial charge in [0, 0.05) is 24.2 Å². The summed E-state index contributed by atoms with van der Waals surface area (Å²) >= 11 is 12.0. The highest BCUT2D eigenvalue weighted by atomic mass is 35.5. The molecule has 0 atom stereocenters.